The Morgan fingerprint density at radius 2 is 1.30 bits per heavy atom. The molecule has 2 saturated heterocycles. The van der Waals surface area contributed by atoms with Crippen molar-refractivity contribution in [3.63, 3.8) is 0 Å². The maximum Gasteiger partial charge on any atom is 0.309 e. The van der Waals surface area contributed by atoms with E-state index in [1.807, 2.05) is 32.0 Å². The zero-order valence-corrected chi connectivity index (χ0v) is 19.5. The number of rotatable bonds is 6. The Labute approximate surface area is 194 Å². The molecule has 178 valence electrons. The van der Waals surface area contributed by atoms with Gasteiger partial charge in [0.05, 0.1) is 36.1 Å². The van der Waals surface area contributed by atoms with E-state index in [0.29, 0.717) is 45.1 Å². The Morgan fingerprint density at radius 3 is 1.76 bits per heavy atom. The van der Waals surface area contributed by atoms with Gasteiger partial charge >= 0.3 is 11.9 Å². The number of fused-ring (bicyclic) bond motifs is 1. The molecule has 2 aliphatic rings. The van der Waals surface area contributed by atoms with Crippen LogP contribution in [0.1, 0.15) is 39.5 Å². The van der Waals surface area contributed by atoms with Gasteiger partial charge in [0.25, 0.3) is 0 Å². The highest BCUT2D eigenvalue weighted by Gasteiger charge is 2.32. The predicted octanol–water partition coefficient (Wildman–Crippen LogP) is 2.77. The largest absolute Gasteiger partial charge is 0.466 e. The molecule has 0 spiro atoms. The number of nitrogens with zero attached hydrogens (tertiary/aromatic N) is 4. The number of aromatic nitrogens is 2. The molecular weight excluding hydrogens is 422 g/mol. The fourth-order valence-electron chi connectivity index (χ4n) is 4.65. The first-order chi connectivity index (χ1) is 16.0. The van der Waals surface area contributed by atoms with Gasteiger partial charge in [-0.15, -0.1) is 0 Å². The Kier molecular flexibility index (Phi) is 7.15. The number of carbonyl (C=O) groups is 2. The van der Waals surface area contributed by atoms with Gasteiger partial charge in [-0.05, 0) is 57.7 Å². The van der Waals surface area contributed by atoms with Crippen LogP contribution in [0.4, 0.5) is 17.3 Å². The molecule has 1 aromatic carbocycles. The summed E-state index contributed by atoms with van der Waals surface area (Å²) in [5.41, 5.74) is 8.18. The third kappa shape index (κ3) is 5.12. The Hall–Kier alpha value is -3.10. The van der Waals surface area contributed by atoms with Crippen LogP contribution < -0.4 is 15.5 Å². The highest BCUT2D eigenvalue weighted by Crippen LogP contribution is 2.34. The van der Waals surface area contributed by atoms with Crippen LogP contribution >= 0.6 is 0 Å². The van der Waals surface area contributed by atoms with Crippen molar-refractivity contribution in [1.82, 2.24) is 9.97 Å². The van der Waals surface area contributed by atoms with Gasteiger partial charge in [0.1, 0.15) is 0 Å². The van der Waals surface area contributed by atoms with Gasteiger partial charge in [-0.25, -0.2) is 9.97 Å². The van der Waals surface area contributed by atoms with E-state index in [2.05, 4.69) is 9.80 Å². The van der Waals surface area contributed by atoms with Crippen molar-refractivity contribution in [2.75, 3.05) is 54.9 Å². The Balaban J connectivity index is 1.57. The van der Waals surface area contributed by atoms with Gasteiger partial charge in [0.15, 0.2) is 11.6 Å². The minimum absolute atomic E-state index is 0.0711. The number of carbonyl (C=O) groups excluding carboxylic acids is 2. The second kappa shape index (κ2) is 10.2. The summed E-state index contributed by atoms with van der Waals surface area (Å²) in [6, 6.07) is 5.57. The maximum absolute atomic E-state index is 12.2. The summed E-state index contributed by atoms with van der Waals surface area (Å²) in [6.07, 6.45) is 2.90. The molecule has 2 aliphatic heterocycles. The number of hydrogen-bond donors (Lipinski definition) is 1. The molecular formula is C24H33N5O4. The van der Waals surface area contributed by atoms with Gasteiger partial charge in [0.2, 0.25) is 0 Å². The number of anilines is 3. The van der Waals surface area contributed by atoms with E-state index in [9.17, 15) is 9.59 Å². The normalized spacial score (nSPS) is 17.9. The van der Waals surface area contributed by atoms with Crippen LogP contribution in [0.15, 0.2) is 18.2 Å². The number of hydrogen-bond acceptors (Lipinski definition) is 9. The zero-order valence-electron chi connectivity index (χ0n) is 19.5. The molecule has 9 heteroatoms. The molecule has 33 heavy (non-hydrogen) atoms. The lowest BCUT2D eigenvalue weighted by Gasteiger charge is -2.37. The van der Waals surface area contributed by atoms with Crippen LogP contribution in [0.2, 0.25) is 0 Å². The topological polar surface area (TPSA) is 111 Å². The average molecular weight is 456 g/mol. The van der Waals surface area contributed by atoms with Gasteiger partial charge in [-0.1, -0.05) is 0 Å². The van der Waals surface area contributed by atoms with Crippen molar-refractivity contribution in [3.8, 4) is 0 Å². The lowest BCUT2D eigenvalue weighted by Crippen LogP contribution is -2.41. The summed E-state index contributed by atoms with van der Waals surface area (Å²) in [5.74, 6) is 1.26. The lowest BCUT2D eigenvalue weighted by molar-refractivity contribution is -0.149. The van der Waals surface area contributed by atoms with Gasteiger partial charge in [0, 0.05) is 31.9 Å². The Bertz CT molecular complexity index is 998. The summed E-state index contributed by atoms with van der Waals surface area (Å²) in [5, 5.41) is 0. The second-order valence-electron chi connectivity index (χ2n) is 8.65. The van der Waals surface area contributed by atoms with Crippen molar-refractivity contribution in [2.24, 2.45) is 11.8 Å². The van der Waals surface area contributed by atoms with Crippen LogP contribution in [0.25, 0.3) is 11.0 Å². The summed E-state index contributed by atoms with van der Waals surface area (Å²) in [7, 11) is 0. The highest BCUT2D eigenvalue weighted by molar-refractivity contribution is 5.84. The number of esters is 2. The van der Waals surface area contributed by atoms with Crippen molar-refractivity contribution in [3.05, 3.63) is 18.2 Å². The molecule has 2 fully saturated rings. The number of piperidine rings is 2. The molecule has 3 heterocycles. The number of nitrogen functional groups attached to an aromatic ring is 1. The first-order valence-corrected chi connectivity index (χ1v) is 11.9. The molecule has 2 aromatic rings. The molecule has 2 N–H and O–H groups in total. The molecule has 4 rings (SSSR count). The Morgan fingerprint density at radius 1 is 0.848 bits per heavy atom. The van der Waals surface area contributed by atoms with Crippen molar-refractivity contribution < 1.29 is 19.1 Å². The minimum atomic E-state index is -0.115. The van der Waals surface area contributed by atoms with Crippen LogP contribution in [-0.2, 0) is 19.1 Å². The third-order valence-corrected chi connectivity index (χ3v) is 6.48. The van der Waals surface area contributed by atoms with Gasteiger partial charge in [-0.2, -0.15) is 0 Å². The standard InChI is InChI=1S/C24H33N5O4/c1-3-32-23(30)16-7-11-28(12-8-16)21-22(27-20-15-18(25)5-6-19(20)26-21)29-13-9-17(10-14-29)24(31)33-4-2/h5-6,15-17H,3-4,7-14,25H2,1-2H3. The molecule has 0 aliphatic carbocycles. The van der Waals surface area contributed by atoms with Crippen LogP contribution in [0.5, 0.6) is 0 Å². The van der Waals surface area contributed by atoms with Crippen LogP contribution in [-0.4, -0.2) is 61.3 Å². The molecule has 0 radical (unpaired) electrons. The van der Waals surface area contributed by atoms with Crippen LogP contribution in [0.3, 0.4) is 0 Å². The number of nitrogens with two attached hydrogens (primary N) is 1. The predicted molar refractivity (Wildman–Crippen MR) is 127 cm³/mol. The molecule has 0 bridgehead atoms. The van der Waals surface area contributed by atoms with Crippen molar-refractivity contribution in [2.45, 2.75) is 39.5 Å². The van der Waals surface area contributed by atoms with E-state index in [0.717, 1.165) is 48.4 Å². The van der Waals surface area contributed by atoms with E-state index >= 15 is 0 Å². The molecule has 0 amide bonds. The number of ether oxygens (including phenoxy) is 2. The summed E-state index contributed by atoms with van der Waals surface area (Å²) >= 11 is 0. The van der Waals surface area contributed by atoms with E-state index in [4.69, 9.17) is 25.2 Å². The van der Waals surface area contributed by atoms with Crippen molar-refractivity contribution in [1.29, 1.82) is 0 Å². The van der Waals surface area contributed by atoms with Gasteiger partial charge in [-0.3, -0.25) is 9.59 Å². The SMILES string of the molecule is CCOC(=O)C1CCN(c2nc3ccc(N)cc3nc2N2CCC(C(=O)OCC)CC2)CC1. The fourth-order valence-corrected chi connectivity index (χ4v) is 4.65. The summed E-state index contributed by atoms with van der Waals surface area (Å²) < 4.78 is 10.4. The first kappa shape index (κ1) is 23.1. The fraction of sp³-hybridized carbons (Fsp3) is 0.583. The van der Waals surface area contributed by atoms with Crippen molar-refractivity contribution >= 4 is 40.3 Å². The molecule has 0 atom stereocenters. The lowest BCUT2D eigenvalue weighted by atomic mass is 9.96. The average Bonchev–Trinajstić information content (AvgIpc) is 2.84. The molecule has 9 nitrogen and oxygen atoms in total. The van der Waals surface area contributed by atoms with E-state index in [1.165, 1.54) is 0 Å². The van der Waals surface area contributed by atoms with E-state index < -0.39 is 0 Å². The third-order valence-electron chi connectivity index (χ3n) is 6.48. The van der Waals surface area contributed by atoms with Crippen LogP contribution in [0, 0.1) is 11.8 Å². The highest BCUT2D eigenvalue weighted by atomic mass is 16.5. The smallest absolute Gasteiger partial charge is 0.309 e. The molecule has 1 aromatic heterocycles. The molecule has 0 saturated carbocycles. The first-order valence-electron chi connectivity index (χ1n) is 11.9. The summed E-state index contributed by atoms with van der Waals surface area (Å²) in [6.45, 7) is 7.32. The summed E-state index contributed by atoms with van der Waals surface area (Å²) in [4.78, 5) is 38.7. The maximum atomic E-state index is 12.2. The molecule has 0 unspecified atom stereocenters. The van der Waals surface area contributed by atoms with Gasteiger partial charge < -0.3 is 25.0 Å². The number of benzene rings is 1. The minimum Gasteiger partial charge on any atom is -0.466 e. The van der Waals surface area contributed by atoms with E-state index in [-0.39, 0.29) is 23.8 Å². The van der Waals surface area contributed by atoms with E-state index in [1.54, 1.807) is 0 Å². The second-order valence-corrected chi connectivity index (χ2v) is 8.65. The quantitative estimate of drug-likeness (QED) is 0.519. The monoisotopic (exact) mass is 455 g/mol. The zero-order chi connectivity index (χ0) is 23.4.